The van der Waals surface area contributed by atoms with Crippen molar-refractivity contribution < 1.29 is 44.0 Å². The SMILES string of the molecule is Cn1cc(-c2ccc(CCOCCC(=O)N(CCNCCc3ccc(O)c4c3OCC(=O)N4)C3CCCCC3)cc2)cn1.O=C(O)/C=C/C(=O)O. The zero-order valence-electron chi connectivity index (χ0n) is 28.9. The topological polar surface area (TPSA) is 193 Å². The third-order valence-electron chi connectivity index (χ3n) is 8.62. The number of rotatable bonds is 16. The number of phenols is 1. The third kappa shape index (κ3) is 12.6. The highest BCUT2D eigenvalue weighted by atomic mass is 16.5. The summed E-state index contributed by atoms with van der Waals surface area (Å²) in [6.45, 7) is 2.99. The zero-order chi connectivity index (χ0) is 36.6. The van der Waals surface area contributed by atoms with Crippen molar-refractivity contribution in [3.05, 3.63) is 72.1 Å². The van der Waals surface area contributed by atoms with E-state index >= 15 is 0 Å². The van der Waals surface area contributed by atoms with Gasteiger partial charge in [-0.1, -0.05) is 49.6 Å². The number of carboxylic acid groups (broad SMARTS) is 2. The van der Waals surface area contributed by atoms with E-state index in [0.29, 0.717) is 75.3 Å². The molecule has 0 spiro atoms. The maximum absolute atomic E-state index is 13.3. The van der Waals surface area contributed by atoms with Crippen LogP contribution in [0, 0.1) is 0 Å². The molecule has 1 fully saturated rings. The van der Waals surface area contributed by atoms with Gasteiger partial charge < -0.3 is 40.3 Å². The molecule has 2 aromatic carbocycles. The molecule has 5 rings (SSSR count). The Bertz CT molecular complexity index is 1630. The van der Waals surface area contributed by atoms with Crippen LogP contribution in [0.5, 0.6) is 11.5 Å². The molecule has 1 aliphatic carbocycles. The Labute approximate surface area is 297 Å². The van der Waals surface area contributed by atoms with Crippen molar-refractivity contribution in [3.63, 3.8) is 0 Å². The van der Waals surface area contributed by atoms with Gasteiger partial charge >= 0.3 is 11.9 Å². The van der Waals surface area contributed by atoms with Crippen LogP contribution in [0.1, 0.15) is 49.7 Å². The standard InChI is InChI=1S/C33H43N5O5.C4H4O4/c1-37-22-27(21-35-37)25-9-7-24(8-10-25)14-19-42-20-15-31(41)38(28-5-3-2-4-6-28)18-17-34-16-13-26-11-12-29(39)32-33(26)43-23-30(40)36-32;5-3(6)1-2-4(7)8/h7-12,21-22,28,34,39H,2-6,13-20,23H2,1H3,(H,36,40);1-2H,(H,5,6)(H,7,8)/b;2-1+. The number of amides is 2. The van der Waals surface area contributed by atoms with Crippen LogP contribution in [0.3, 0.4) is 0 Å². The van der Waals surface area contributed by atoms with E-state index in [1.165, 1.54) is 24.8 Å². The Morgan fingerprint density at radius 1 is 1.00 bits per heavy atom. The highest BCUT2D eigenvalue weighted by Gasteiger charge is 2.25. The number of carbonyl (C=O) groups is 4. The number of hydrogen-bond acceptors (Lipinski definition) is 9. The van der Waals surface area contributed by atoms with Crippen LogP contribution in [0.15, 0.2) is 60.9 Å². The molecule has 2 heterocycles. The monoisotopic (exact) mass is 705 g/mol. The summed E-state index contributed by atoms with van der Waals surface area (Å²) >= 11 is 0. The number of hydrogen-bond donors (Lipinski definition) is 5. The smallest absolute Gasteiger partial charge is 0.328 e. The molecule has 0 radical (unpaired) electrons. The molecule has 51 heavy (non-hydrogen) atoms. The Morgan fingerprint density at radius 3 is 2.39 bits per heavy atom. The number of nitrogens with one attached hydrogen (secondary N) is 2. The van der Waals surface area contributed by atoms with Crippen molar-refractivity contribution >= 4 is 29.4 Å². The number of aromatic nitrogens is 2. The number of ether oxygens (including phenoxy) is 2. The molecular weight excluding hydrogens is 658 g/mol. The number of carbonyl (C=O) groups excluding carboxylic acids is 2. The fourth-order valence-corrected chi connectivity index (χ4v) is 6.03. The van der Waals surface area contributed by atoms with Crippen LogP contribution in [-0.2, 0) is 43.8 Å². The average Bonchev–Trinajstić information content (AvgIpc) is 3.56. The number of benzene rings is 2. The predicted octanol–water partition coefficient (Wildman–Crippen LogP) is 3.78. The number of aliphatic carboxylic acids is 2. The van der Waals surface area contributed by atoms with E-state index in [9.17, 15) is 24.3 Å². The Morgan fingerprint density at radius 2 is 1.73 bits per heavy atom. The lowest BCUT2D eigenvalue weighted by Crippen LogP contribution is -2.45. The van der Waals surface area contributed by atoms with Crippen LogP contribution in [0.25, 0.3) is 11.1 Å². The van der Waals surface area contributed by atoms with Gasteiger partial charge in [0.25, 0.3) is 5.91 Å². The zero-order valence-corrected chi connectivity index (χ0v) is 28.9. The van der Waals surface area contributed by atoms with Gasteiger partial charge in [0.1, 0.15) is 11.4 Å². The van der Waals surface area contributed by atoms with Crippen molar-refractivity contribution in [1.29, 1.82) is 0 Å². The molecule has 274 valence electrons. The Kier molecular flexibility index (Phi) is 15.0. The van der Waals surface area contributed by atoms with Crippen molar-refractivity contribution in [3.8, 4) is 22.6 Å². The maximum Gasteiger partial charge on any atom is 0.328 e. The molecule has 0 atom stereocenters. The van der Waals surface area contributed by atoms with Gasteiger partial charge in [0, 0.05) is 50.1 Å². The lowest BCUT2D eigenvalue weighted by atomic mass is 9.94. The van der Waals surface area contributed by atoms with E-state index in [1.54, 1.807) is 10.7 Å². The summed E-state index contributed by atoms with van der Waals surface area (Å²) in [5.74, 6) is -2.10. The van der Waals surface area contributed by atoms with E-state index in [0.717, 1.165) is 36.0 Å². The second kappa shape index (κ2) is 19.8. The quantitative estimate of drug-likeness (QED) is 0.0828. The minimum atomic E-state index is -1.26. The van der Waals surface area contributed by atoms with Crippen LogP contribution in [-0.4, -0.2) is 99.2 Å². The molecule has 1 aliphatic heterocycles. The van der Waals surface area contributed by atoms with Crippen molar-refractivity contribution in [1.82, 2.24) is 20.0 Å². The van der Waals surface area contributed by atoms with E-state index in [4.69, 9.17) is 19.7 Å². The number of fused-ring (bicyclic) bond motifs is 1. The molecule has 1 aromatic heterocycles. The predicted molar refractivity (Wildman–Crippen MR) is 190 cm³/mol. The summed E-state index contributed by atoms with van der Waals surface area (Å²) in [5, 5.41) is 36.1. The number of aryl methyl sites for hydroxylation is 1. The first-order chi connectivity index (χ1) is 24.6. The summed E-state index contributed by atoms with van der Waals surface area (Å²) in [4.78, 5) is 46.1. The first-order valence-electron chi connectivity index (χ1n) is 17.2. The minimum Gasteiger partial charge on any atom is -0.506 e. The molecule has 0 saturated heterocycles. The van der Waals surface area contributed by atoms with E-state index in [-0.39, 0.29) is 24.2 Å². The normalized spacial score (nSPS) is 14.2. The molecule has 5 N–H and O–H groups in total. The summed E-state index contributed by atoms with van der Waals surface area (Å²) in [6.07, 6.45) is 12.5. The Hall–Kier alpha value is -5.21. The van der Waals surface area contributed by atoms with Gasteiger partial charge in [-0.2, -0.15) is 5.10 Å². The van der Waals surface area contributed by atoms with Gasteiger partial charge in [-0.3, -0.25) is 14.3 Å². The van der Waals surface area contributed by atoms with Crippen molar-refractivity contribution in [2.75, 3.05) is 44.8 Å². The van der Waals surface area contributed by atoms with E-state index in [1.807, 2.05) is 25.5 Å². The first kappa shape index (κ1) is 38.6. The fraction of sp³-hybridized carbons (Fsp3) is 0.432. The van der Waals surface area contributed by atoms with Crippen LogP contribution < -0.4 is 15.4 Å². The molecule has 14 heteroatoms. The summed E-state index contributed by atoms with van der Waals surface area (Å²) in [7, 11) is 1.91. The number of nitrogens with zero attached hydrogens (tertiary/aromatic N) is 3. The average molecular weight is 706 g/mol. The van der Waals surface area contributed by atoms with Crippen LogP contribution in [0.2, 0.25) is 0 Å². The van der Waals surface area contributed by atoms with Crippen LogP contribution in [0.4, 0.5) is 5.69 Å². The third-order valence-corrected chi connectivity index (χ3v) is 8.62. The minimum absolute atomic E-state index is 0.000764. The number of carboxylic acids is 2. The lowest BCUT2D eigenvalue weighted by Gasteiger charge is -2.34. The molecule has 14 nitrogen and oxygen atoms in total. The second-order valence-electron chi connectivity index (χ2n) is 12.4. The molecule has 3 aromatic rings. The van der Waals surface area contributed by atoms with Crippen molar-refractivity contribution in [2.45, 2.75) is 57.4 Å². The Balaban J connectivity index is 0.000000652. The largest absolute Gasteiger partial charge is 0.506 e. The molecule has 0 unspecified atom stereocenters. The number of aromatic hydroxyl groups is 1. The number of phenolic OH excluding ortho intramolecular Hbond substituents is 1. The van der Waals surface area contributed by atoms with E-state index < -0.39 is 11.9 Å². The van der Waals surface area contributed by atoms with Gasteiger partial charge in [-0.05, 0) is 55.0 Å². The first-order valence-corrected chi connectivity index (χ1v) is 17.2. The fourth-order valence-electron chi connectivity index (χ4n) is 6.03. The molecule has 2 aliphatic rings. The highest BCUT2D eigenvalue weighted by Crippen LogP contribution is 2.39. The van der Waals surface area contributed by atoms with E-state index in [2.05, 4.69) is 44.9 Å². The molecular formula is C37H47N5O9. The molecule has 0 bridgehead atoms. The van der Waals surface area contributed by atoms with Gasteiger partial charge in [-0.15, -0.1) is 0 Å². The summed E-state index contributed by atoms with van der Waals surface area (Å²) in [6, 6.07) is 12.2. The van der Waals surface area contributed by atoms with Crippen molar-refractivity contribution in [2.24, 2.45) is 7.05 Å². The molecule has 1 saturated carbocycles. The summed E-state index contributed by atoms with van der Waals surface area (Å²) in [5.41, 5.74) is 4.70. The second-order valence-corrected chi connectivity index (χ2v) is 12.4. The summed E-state index contributed by atoms with van der Waals surface area (Å²) < 4.78 is 13.3. The van der Waals surface area contributed by atoms with Gasteiger partial charge in [0.15, 0.2) is 12.4 Å². The number of anilines is 1. The molecule has 2 amide bonds. The lowest BCUT2D eigenvalue weighted by molar-refractivity contribution is -0.135. The van der Waals surface area contributed by atoms with Gasteiger partial charge in [-0.25, -0.2) is 9.59 Å². The van der Waals surface area contributed by atoms with Gasteiger partial charge in [0.2, 0.25) is 5.91 Å². The van der Waals surface area contributed by atoms with Gasteiger partial charge in [0.05, 0.1) is 25.8 Å². The van der Waals surface area contributed by atoms with Crippen LogP contribution >= 0.6 is 0 Å². The highest BCUT2D eigenvalue weighted by molar-refractivity contribution is 5.97. The maximum atomic E-state index is 13.3.